The highest BCUT2D eigenvalue weighted by molar-refractivity contribution is 7.09. The molecule has 2 unspecified atom stereocenters. The molecule has 5 nitrogen and oxygen atoms in total. The maximum atomic E-state index is 5.80. The molecule has 2 heterocycles. The lowest BCUT2D eigenvalue weighted by Crippen LogP contribution is -2.17. The minimum Gasteiger partial charge on any atom is -0.339 e. The average Bonchev–Trinajstić information content (AvgIpc) is 3.10. The molecule has 2 aromatic rings. The first-order valence-corrected chi connectivity index (χ1v) is 7.57. The molecule has 2 N–H and O–H groups in total. The van der Waals surface area contributed by atoms with Crippen LogP contribution in [0.15, 0.2) is 9.90 Å². The number of hydrogen-bond donors (Lipinski definition) is 1. The number of nitrogens with two attached hydrogens (primary N) is 1. The first kappa shape index (κ1) is 12.7. The van der Waals surface area contributed by atoms with E-state index in [4.69, 9.17) is 10.3 Å². The Hall–Kier alpha value is -1.27. The second-order valence-electron chi connectivity index (χ2n) is 5.12. The van der Waals surface area contributed by atoms with Crippen LogP contribution in [0.1, 0.15) is 47.6 Å². The van der Waals surface area contributed by atoms with Crippen LogP contribution in [0.5, 0.6) is 0 Å². The van der Waals surface area contributed by atoms with Gasteiger partial charge in [-0.1, -0.05) is 11.6 Å². The van der Waals surface area contributed by atoms with Gasteiger partial charge < -0.3 is 10.3 Å². The molecule has 2 atom stereocenters. The monoisotopic (exact) mass is 278 g/mol. The zero-order valence-electron chi connectivity index (χ0n) is 11.0. The molecular weight excluding hydrogens is 260 g/mol. The second-order valence-corrected chi connectivity index (χ2v) is 6.18. The standard InChI is InChI=1S/C13H18N4OS/c1-8-15-10(7-19-8)5-12-16-13(18-17-12)11-4-2-3-9(11)6-14/h7,9,11H,2-6,14H2,1H3. The molecule has 1 saturated carbocycles. The number of aromatic nitrogens is 3. The van der Waals surface area contributed by atoms with Gasteiger partial charge in [-0.2, -0.15) is 4.98 Å². The summed E-state index contributed by atoms with van der Waals surface area (Å²) < 4.78 is 5.42. The van der Waals surface area contributed by atoms with Crippen molar-refractivity contribution in [2.45, 2.75) is 38.5 Å². The van der Waals surface area contributed by atoms with Gasteiger partial charge in [0, 0.05) is 11.3 Å². The highest BCUT2D eigenvalue weighted by atomic mass is 32.1. The zero-order chi connectivity index (χ0) is 13.2. The first-order valence-electron chi connectivity index (χ1n) is 6.70. The summed E-state index contributed by atoms with van der Waals surface area (Å²) in [4.78, 5) is 8.95. The quantitative estimate of drug-likeness (QED) is 0.928. The third-order valence-corrected chi connectivity index (χ3v) is 4.59. The van der Waals surface area contributed by atoms with Crippen molar-refractivity contribution < 1.29 is 4.52 Å². The van der Waals surface area contributed by atoms with Crippen LogP contribution in [0.4, 0.5) is 0 Å². The number of aryl methyl sites for hydroxylation is 1. The second kappa shape index (κ2) is 5.38. The Balaban J connectivity index is 1.72. The Kier molecular flexibility index (Phi) is 3.61. The van der Waals surface area contributed by atoms with E-state index in [-0.39, 0.29) is 0 Å². The smallest absolute Gasteiger partial charge is 0.230 e. The summed E-state index contributed by atoms with van der Waals surface area (Å²) in [5, 5.41) is 7.18. The van der Waals surface area contributed by atoms with Gasteiger partial charge in [-0.05, 0) is 32.2 Å². The number of thiazole rings is 1. The summed E-state index contributed by atoms with van der Waals surface area (Å²) in [6.07, 6.45) is 4.13. The number of rotatable bonds is 4. The zero-order valence-corrected chi connectivity index (χ0v) is 11.8. The van der Waals surface area contributed by atoms with Gasteiger partial charge in [0.2, 0.25) is 5.89 Å². The van der Waals surface area contributed by atoms with Gasteiger partial charge in [0.1, 0.15) is 0 Å². The first-order chi connectivity index (χ1) is 9.26. The lowest BCUT2D eigenvalue weighted by molar-refractivity contribution is 0.323. The van der Waals surface area contributed by atoms with Gasteiger partial charge in [0.25, 0.3) is 0 Å². The van der Waals surface area contributed by atoms with Crippen molar-refractivity contribution in [1.29, 1.82) is 0 Å². The molecule has 1 aliphatic carbocycles. The van der Waals surface area contributed by atoms with Crippen LogP contribution in [0.2, 0.25) is 0 Å². The summed E-state index contributed by atoms with van der Waals surface area (Å²) in [7, 11) is 0. The summed E-state index contributed by atoms with van der Waals surface area (Å²) in [6.45, 7) is 2.70. The van der Waals surface area contributed by atoms with Crippen LogP contribution in [-0.4, -0.2) is 21.7 Å². The average molecular weight is 278 g/mol. The maximum Gasteiger partial charge on any atom is 0.230 e. The fourth-order valence-corrected chi connectivity index (χ4v) is 3.40. The Morgan fingerprint density at radius 1 is 1.42 bits per heavy atom. The molecule has 3 rings (SSSR count). The van der Waals surface area contributed by atoms with Gasteiger partial charge in [-0.25, -0.2) is 4.98 Å². The van der Waals surface area contributed by atoms with Gasteiger partial charge in [-0.3, -0.25) is 0 Å². The predicted octanol–water partition coefficient (Wildman–Crippen LogP) is 2.27. The molecule has 0 aromatic carbocycles. The minimum atomic E-state index is 0.350. The largest absolute Gasteiger partial charge is 0.339 e. The summed E-state index contributed by atoms with van der Waals surface area (Å²) >= 11 is 1.65. The van der Waals surface area contributed by atoms with Gasteiger partial charge in [0.05, 0.1) is 17.1 Å². The number of hydrogen-bond acceptors (Lipinski definition) is 6. The lowest BCUT2D eigenvalue weighted by atomic mass is 9.96. The van der Waals surface area contributed by atoms with E-state index in [1.165, 1.54) is 12.8 Å². The van der Waals surface area contributed by atoms with Crippen LogP contribution >= 0.6 is 11.3 Å². The predicted molar refractivity (Wildman–Crippen MR) is 73.1 cm³/mol. The Bertz CT molecular complexity index is 550. The van der Waals surface area contributed by atoms with E-state index in [0.29, 0.717) is 24.8 Å². The van der Waals surface area contributed by atoms with Crippen LogP contribution in [0.25, 0.3) is 0 Å². The molecular formula is C13H18N4OS. The van der Waals surface area contributed by atoms with Crippen molar-refractivity contribution in [3.05, 3.63) is 27.8 Å². The fraction of sp³-hybridized carbons (Fsp3) is 0.615. The highest BCUT2D eigenvalue weighted by Crippen LogP contribution is 2.38. The molecule has 0 saturated heterocycles. The Morgan fingerprint density at radius 3 is 3.05 bits per heavy atom. The third-order valence-electron chi connectivity index (χ3n) is 3.77. The van der Waals surface area contributed by atoms with E-state index in [1.54, 1.807) is 11.3 Å². The minimum absolute atomic E-state index is 0.350. The molecule has 1 fully saturated rings. The van der Waals surface area contributed by atoms with E-state index < -0.39 is 0 Å². The van der Waals surface area contributed by atoms with E-state index in [9.17, 15) is 0 Å². The molecule has 6 heteroatoms. The van der Waals surface area contributed by atoms with E-state index in [0.717, 1.165) is 28.8 Å². The molecule has 0 amide bonds. The third kappa shape index (κ3) is 2.69. The van der Waals surface area contributed by atoms with Crippen LogP contribution in [0.3, 0.4) is 0 Å². The SMILES string of the molecule is Cc1nc(Cc2noc(C3CCCC3CN)n2)cs1. The van der Waals surface area contributed by atoms with Gasteiger partial charge in [-0.15, -0.1) is 11.3 Å². The van der Waals surface area contributed by atoms with Crippen LogP contribution in [-0.2, 0) is 6.42 Å². The summed E-state index contributed by atoms with van der Waals surface area (Å²) in [6, 6.07) is 0. The van der Waals surface area contributed by atoms with Crippen LogP contribution in [0, 0.1) is 12.8 Å². The molecule has 102 valence electrons. The normalized spacial score (nSPS) is 23.1. The molecule has 2 aromatic heterocycles. The van der Waals surface area contributed by atoms with Crippen LogP contribution < -0.4 is 5.73 Å². The topological polar surface area (TPSA) is 77.8 Å². The van der Waals surface area contributed by atoms with Crippen molar-refractivity contribution in [1.82, 2.24) is 15.1 Å². The maximum absolute atomic E-state index is 5.80. The van der Waals surface area contributed by atoms with Crippen molar-refractivity contribution >= 4 is 11.3 Å². The molecule has 0 spiro atoms. The van der Waals surface area contributed by atoms with Crippen molar-refractivity contribution in [2.24, 2.45) is 11.7 Å². The van der Waals surface area contributed by atoms with Crippen molar-refractivity contribution in [2.75, 3.05) is 6.54 Å². The van der Waals surface area contributed by atoms with Gasteiger partial charge >= 0.3 is 0 Å². The van der Waals surface area contributed by atoms with E-state index in [1.807, 2.05) is 12.3 Å². The number of nitrogens with zero attached hydrogens (tertiary/aromatic N) is 3. The van der Waals surface area contributed by atoms with Gasteiger partial charge in [0.15, 0.2) is 5.82 Å². The Labute approximate surface area is 116 Å². The molecule has 1 aliphatic rings. The molecule has 0 radical (unpaired) electrons. The Morgan fingerprint density at radius 2 is 2.32 bits per heavy atom. The highest BCUT2D eigenvalue weighted by Gasteiger charge is 2.31. The lowest BCUT2D eigenvalue weighted by Gasteiger charge is -2.12. The van der Waals surface area contributed by atoms with Crippen molar-refractivity contribution in [3.63, 3.8) is 0 Å². The molecule has 0 bridgehead atoms. The van der Waals surface area contributed by atoms with E-state index in [2.05, 4.69) is 15.1 Å². The summed E-state index contributed by atoms with van der Waals surface area (Å²) in [5.41, 5.74) is 6.81. The molecule has 0 aliphatic heterocycles. The fourth-order valence-electron chi connectivity index (χ4n) is 2.79. The molecule has 19 heavy (non-hydrogen) atoms. The summed E-state index contributed by atoms with van der Waals surface area (Å²) in [5.74, 6) is 2.33. The van der Waals surface area contributed by atoms with Crippen molar-refractivity contribution in [3.8, 4) is 0 Å². The van der Waals surface area contributed by atoms with E-state index >= 15 is 0 Å².